The van der Waals surface area contributed by atoms with Crippen LogP contribution in [-0.2, 0) is 0 Å². The average Bonchev–Trinajstić information content (AvgIpc) is 2.62. The zero-order valence-electron chi connectivity index (χ0n) is 12.6. The van der Waals surface area contributed by atoms with E-state index >= 15 is 0 Å². The van der Waals surface area contributed by atoms with Gasteiger partial charge in [0.15, 0.2) is 5.82 Å². The van der Waals surface area contributed by atoms with Crippen LogP contribution in [-0.4, -0.2) is 21.6 Å². The summed E-state index contributed by atoms with van der Waals surface area (Å²) in [6.45, 7) is 0. The molecule has 0 saturated carbocycles. The molecule has 0 bridgehead atoms. The van der Waals surface area contributed by atoms with E-state index in [9.17, 15) is 9.90 Å². The van der Waals surface area contributed by atoms with E-state index in [1.165, 1.54) is 0 Å². The molecule has 0 aliphatic rings. The van der Waals surface area contributed by atoms with E-state index in [2.05, 4.69) is 22.0 Å². The summed E-state index contributed by atoms with van der Waals surface area (Å²) in [5.41, 5.74) is 8.61. The summed E-state index contributed by atoms with van der Waals surface area (Å²) in [5, 5.41) is 17.8. The molecule has 0 unspecified atom stereocenters. The summed E-state index contributed by atoms with van der Waals surface area (Å²) in [4.78, 5) is 10.8. The van der Waals surface area contributed by atoms with Crippen molar-refractivity contribution in [2.75, 3.05) is 5.73 Å². The van der Waals surface area contributed by atoms with Crippen molar-refractivity contribution in [1.29, 1.82) is 0 Å². The lowest BCUT2D eigenvalue weighted by molar-refractivity contribution is 0.112. The van der Waals surface area contributed by atoms with Crippen molar-refractivity contribution in [2.24, 2.45) is 0 Å². The van der Waals surface area contributed by atoms with Crippen molar-refractivity contribution < 1.29 is 9.90 Å². The maximum absolute atomic E-state index is 10.8. The molecule has 0 fully saturated rings. The lowest BCUT2D eigenvalue weighted by atomic mass is 10.1. The number of aromatic nitrogens is 2. The van der Waals surface area contributed by atoms with Gasteiger partial charge in [-0.15, -0.1) is 10.2 Å². The second kappa shape index (κ2) is 6.63. The van der Waals surface area contributed by atoms with Crippen LogP contribution in [0.25, 0.3) is 11.3 Å². The number of nitrogens with two attached hydrogens (primary N) is 1. The van der Waals surface area contributed by atoms with Crippen LogP contribution < -0.4 is 5.73 Å². The van der Waals surface area contributed by atoms with Gasteiger partial charge in [-0.3, -0.25) is 4.79 Å². The molecule has 3 N–H and O–H groups in total. The Balaban J connectivity index is 2.00. The predicted octanol–water partition coefficient (Wildman–Crippen LogP) is 2.64. The molecule has 5 heteroatoms. The number of carbonyl (C=O) groups excluding carboxylic acids is 1. The van der Waals surface area contributed by atoms with Gasteiger partial charge in [-0.1, -0.05) is 36.1 Å². The van der Waals surface area contributed by atoms with Crippen LogP contribution in [0.4, 0.5) is 5.82 Å². The topological polar surface area (TPSA) is 89.1 Å². The Kier molecular flexibility index (Phi) is 4.21. The first-order chi connectivity index (χ1) is 11.7. The third-order valence-corrected chi connectivity index (χ3v) is 3.37. The van der Waals surface area contributed by atoms with Crippen LogP contribution in [0.5, 0.6) is 5.75 Å². The normalized spacial score (nSPS) is 9.83. The Bertz CT molecular complexity index is 972. The summed E-state index contributed by atoms with van der Waals surface area (Å²) in [6.07, 6.45) is 0.768. The number of phenolic OH excluding ortho intramolecular Hbond substituents is 1. The summed E-state index contributed by atoms with van der Waals surface area (Å²) in [6, 6.07) is 15.5. The van der Waals surface area contributed by atoms with Crippen molar-refractivity contribution in [3.05, 3.63) is 71.3 Å². The highest BCUT2D eigenvalue weighted by molar-refractivity contribution is 5.75. The quantitative estimate of drug-likeness (QED) is 0.560. The Hall–Kier alpha value is -3.65. The summed E-state index contributed by atoms with van der Waals surface area (Å²) in [5.74, 6) is 6.19. The first-order valence-electron chi connectivity index (χ1n) is 7.16. The molecular formula is C19H13N3O2. The molecular weight excluding hydrogens is 302 g/mol. The minimum atomic E-state index is 0.106. The molecule has 5 nitrogen and oxygen atoms in total. The maximum atomic E-state index is 10.8. The van der Waals surface area contributed by atoms with Crippen LogP contribution >= 0.6 is 0 Å². The van der Waals surface area contributed by atoms with Crippen LogP contribution in [0, 0.1) is 11.8 Å². The van der Waals surface area contributed by atoms with Crippen LogP contribution in [0.2, 0.25) is 0 Å². The second-order valence-electron chi connectivity index (χ2n) is 5.04. The molecule has 0 aliphatic carbocycles. The second-order valence-corrected chi connectivity index (χ2v) is 5.04. The van der Waals surface area contributed by atoms with E-state index in [1.807, 2.05) is 0 Å². The minimum Gasteiger partial charge on any atom is -0.507 e. The van der Waals surface area contributed by atoms with Crippen molar-refractivity contribution in [3.8, 4) is 28.8 Å². The molecule has 0 atom stereocenters. The van der Waals surface area contributed by atoms with E-state index in [0.717, 1.165) is 6.29 Å². The van der Waals surface area contributed by atoms with Gasteiger partial charge in [0, 0.05) is 16.7 Å². The molecule has 0 amide bonds. The van der Waals surface area contributed by atoms with E-state index in [4.69, 9.17) is 5.73 Å². The van der Waals surface area contributed by atoms with Gasteiger partial charge in [0.1, 0.15) is 12.0 Å². The standard InChI is InChI=1S/C19H13N3O2/c20-19-15(9-8-13-4-3-5-14(10-13)12-23)11-17(21-22-19)16-6-1-2-7-18(16)24/h1-7,10-12,24H,(H2,20,22). The van der Waals surface area contributed by atoms with Crippen molar-refractivity contribution in [3.63, 3.8) is 0 Å². The monoisotopic (exact) mass is 315 g/mol. The Labute approximate surface area is 138 Å². The van der Waals surface area contributed by atoms with Crippen molar-refractivity contribution >= 4 is 12.1 Å². The highest BCUT2D eigenvalue weighted by atomic mass is 16.3. The van der Waals surface area contributed by atoms with Gasteiger partial charge in [0.25, 0.3) is 0 Å². The Morgan fingerprint density at radius 3 is 2.62 bits per heavy atom. The lowest BCUT2D eigenvalue weighted by Crippen LogP contribution is -1.99. The number of nitrogens with zero attached hydrogens (tertiary/aromatic N) is 2. The number of benzene rings is 2. The van der Waals surface area contributed by atoms with Gasteiger partial charge in [-0.2, -0.15) is 0 Å². The predicted molar refractivity (Wildman–Crippen MR) is 91.4 cm³/mol. The Morgan fingerprint density at radius 1 is 1.00 bits per heavy atom. The third-order valence-electron chi connectivity index (χ3n) is 3.37. The molecule has 3 rings (SSSR count). The molecule has 116 valence electrons. The third kappa shape index (κ3) is 3.23. The van der Waals surface area contributed by atoms with Gasteiger partial charge in [0.2, 0.25) is 0 Å². The first-order valence-corrected chi connectivity index (χ1v) is 7.16. The number of phenols is 1. The minimum absolute atomic E-state index is 0.106. The van der Waals surface area contributed by atoms with Gasteiger partial charge in [0.05, 0.1) is 11.3 Å². The molecule has 0 radical (unpaired) electrons. The smallest absolute Gasteiger partial charge is 0.161 e. The van der Waals surface area contributed by atoms with E-state index in [-0.39, 0.29) is 11.6 Å². The number of para-hydroxylation sites is 1. The van der Waals surface area contributed by atoms with Gasteiger partial charge < -0.3 is 10.8 Å². The number of aldehydes is 1. The fourth-order valence-corrected chi connectivity index (χ4v) is 2.15. The largest absolute Gasteiger partial charge is 0.507 e. The molecule has 2 aromatic carbocycles. The number of carbonyl (C=O) groups is 1. The number of hydrogen-bond acceptors (Lipinski definition) is 5. The zero-order chi connectivity index (χ0) is 16.9. The molecule has 24 heavy (non-hydrogen) atoms. The van der Waals surface area contributed by atoms with E-state index in [1.54, 1.807) is 54.6 Å². The van der Waals surface area contributed by atoms with Gasteiger partial charge >= 0.3 is 0 Å². The zero-order valence-corrected chi connectivity index (χ0v) is 12.6. The molecule has 0 saturated heterocycles. The van der Waals surface area contributed by atoms with Crippen LogP contribution in [0.15, 0.2) is 54.6 Å². The number of hydrogen-bond donors (Lipinski definition) is 2. The maximum Gasteiger partial charge on any atom is 0.161 e. The van der Waals surface area contributed by atoms with E-state index in [0.29, 0.717) is 27.9 Å². The first kappa shape index (κ1) is 15.3. The fraction of sp³-hybridized carbons (Fsp3) is 0. The lowest BCUT2D eigenvalue weighted by Gasteiger charge is -2.04. The van der Waals surface area contributed by atoms with Gasteiger partial charge in [-0.25, -0.2) is 0 Å². The molecule has 1 heterocycles. The molecule has 0 spiro atoms. The molecule has 3 aromatic rings. The fourth-order valence-electron chi connectivity index (χ4n) is 2.15. The van der Waals surface area contributed by atoms with Gasteiger partial charge in [-0.05, 0) is 30.3 Å². The molecule has 1 aromatic heterocycles. The summed E-state index contributed by atoms with van der Waals surface area (Å²) < 4.78 is 0. The number of nitrogen functional groups attached to an aromatic ring is 1. The average molecular weight is 315 g/mol. The highest BCUT2D eigenvalue weighted by Crippen LogP contribution is 2.27. The van der Waals surface area contributed by atoms with E-state index < -0.39 is 0 Å². The number of rotatable bonds is 2. The number of anilines is 1. The Morgan fingerprint density at radius 2 is 1.83 bits per heavy atom. The highest BCUT2D eigenvalue weighted by Gasteiger charge is 2.08. The SMILES string of the molecule is Nc1nnc(-c2ccccc2O)cc1C#Cc1cccc(C=O)c1. The summed E-state index contributed by atoms with van der Waals surface area (Å²) in [7, 11) is 0. The van der Waals surface area contributed by atoms with Crippen LogP contribution in [0.3, 0.4) is 0 Å². The molecule has 0 aliphatic heterocycles. The van der Waals surface area contributed by atoms with Crippen molar-refractivity contribution in [2.45, 2.75) is 0 Å². The van der Waals surface area contributed by atoms with Crippen molar-refractivity contribution in [1.82, 2.24) is 10.2 Å². The number of aromatic hydroxyl groups is 1. The van der Waals surface area contributed by atoms with Crippen LogP contribution in [0.1, 0.15) is 21.5 Å². The summed E-state index contributed by atoms with van der Waals surface area (Å²) >= 11 is 0.